The Morgan fingerprint density at radius 3 is 2.09 bits per heavy atom. The van der Waals surface area contributed by atoms with Gasteiger partial charge < -0.3 is 10.6 Å². The van der Waals surface area contributed by atoms with Gasteiger partial charge in [0, 0.05) is 11.2 Å². The molecule has 2 aromatic rings. The SMILES string of the molecule is CC(C)(C)NC(=O)Nc1ccc2ccc(C(C)(C)C)cc2c1. The van der Waals surface area contributed by atoms with Crippen LogP contribution >= 0.6 is 0 Å². The Balaban J connectivity index is 2.27. The maximum atomic E-state index is 12.0. The first kappa shape index (κ1) is 16.3. The number of carbonyl (C=O) groups excluding carboxylic acids is 1. The van der Waals surface area contributed by atoms with Crippen molar-refractivity contribution in [2.24, 2.45) is 0 Å². The molecule has 0 saturated heterocycles. The van der Waals surface area contributed by atoms with Crippen molar-refractivity contribution < 1.29 is 4.79 Å². The van der Waals surface area contributed by atoms with E-state index in [2.05, 4.69) is 49.6 Å². The molecule has 0 saturated carbocycles. The quantitative estimate of drug-likeness (QED) is 0.759. The zero-order valence-corrected chi connectivity index (χ0v) is 14.4. The van der Waals surface area contributed by atoms with E-state index in [1.807, 2.05) is 39.0 Å². The molecule has 0 atom stereocenters. The lowest BCUT2D eigenvalue weighted by atomic mass is 9.86. The first-order chi connectivity index (χ1) is 10.0. The van der Waals surface area contributed by atoms with Crippen molar-refractivity contribution in [2.75, 3.05) is 5.32 Å². The minimum atomic E-state index is -0.250. The average Bonchev–Trinajstić information content (AvgIpc) is 2.34. The second-order valence-electron chi connectivity index (χ2n) is 7.86. The average molecular weight is 298 g/mol. The third kappa shape index (κ3) is 4.23. The number of rotatable bonds is 1. The fourth-order valence-corrected chi connectivity index (χ4v) is 2.29. The van der Waals surface area contributed by atoms with Gasteiger partial charge in [0.2, 0.25) is 0 Å². The third-order valence-corrected chi connectivity index (χ3v) is 3.45. The zero-order chi connectivity index (χ0) is 16.5. The monoisotopic (exact) mass is 298 g/mol. The van der Waals surface area contributed by atoms with Crippen LogP contribution in [0.1, 0.15) is 47.1 Å². The number of benzene rings is 2. The van der Waals surface area contributed by atoms with Gasteiger partial charge in [0.15, 0.2) is 0 Å². The molecule has 2 N–H and O–H groups in total. The van der Waals surface area contributed by atoms with Crippen LogP contribution < -0.4 is 10.6 Å². The summed E-state index contributed by atoms with van der Waals surface area (Å²) >= 11 is 0. The Kier molecular flexibility index (Phi) is 4.19. The fraction of sp³-hybridized carbons (Fsp3) is 0.421. The van der Waals surface area contributed by atoms with Crippen molar-refractivity contribution >= 4 is 22.5 Å². The van der Waals surface area contributed by atoms with Gasteiger partial charge in [-0.15, -0.1) is 0 Å². The molecule has 3 heteroatoms. The second kappa shape index (κ2) is 5.64. The third-order valence-electron chi connectivity index (χ3n) is 3.45. The summed E-state index contributed by atoms with van der Waals surface area (Å²) in [4.78, 5) is 12.0. The van der Waals surface area contributed by atoms with Gasteiger partial charge in [0.25, 0.3) is 0 Å². The van der Waals surface area contributed by atoms with E-state index in [0.29, 0.717) is 0 Å². The van der Waals surface area contributed by atoms with Crippen LogP contribution in [0.2, 0.25) is 0 Å². The van der Waals surface area contributed by atoms with E-state index in [9.17, 15) is 4.79 Å². The number of amides is 2. The standard InChI is InChI=1S/C19H26N2O/c1-18(2,3)15-9-7-13-8-10-16(12-14(13)11-15)20-17(22)21-19(4,5)6/h7-12H,1-6H3,(H2,20,21,22). The Morgan fingerprint density at radius 1 is 0.864 bits per heavy atom. The number of hydrogen-bond acceptors (Lipinski definition) is 1. The van der Waals surface area contributed by atoms with Crippen LogP contribution in [-0.2, 0) is 5.41 Å². The molecule has 0 bridgehead atoms. The summed E-state index contributed by atoms with van der Waals surface area (Å²) in [5.74, 6) is 0. The van der Waals surface area contributed by atoms with Crippen molar-refractivity contribution in [3.63, 3.8) is 0 Å². The van der Waals surface area contributed by atoms with E-state index in [1.165, 1.54) is 10.9 Å². The summed E-state index contributed by atoms with van der Waals surface area (Å²) < 4.78 is 0. The minimum Gasteiger partial charge on any atom is -0.333 e. The molecule has 2 rings (SSSR count). The summed E-state index contributed by atoms with van der Waals surface area (Å²) in [5.41, 5.74) is 1.96. The van der Waals surface area contributed by atoms with E-state index in [1.54, 1.807) is 0 Å². The summed E-state index contributed by atoms with van der Waals surface area (Å²) in [5, 5.41) is 8.12. The number of nitrogens with one attached hydrogen (secondary N) is 2. The molecule has 118 valence electrons. The van der Waals surface area contributed by atoms with Gasteiger partial charge in [-0.05, 0) is 54.7 Å². The first-order valence-corrected chi connectivity index (χ1v) is 7.68. The smallest absolute Gasteiger partial charge is 0.319 e. The van der Waals surface area contributed by atoms with E-state index >= 15 is 0 Å². The lowest BCUT2D eigenvalue weighted by Gasteiger charge is -2.21. The molecule has 0 aromatic heterocycles. The maximum Gasteiger partial charge on any atom is 0.319 e. The molecule has 0 aliphatic rings. The van der Waals surface area contributed by atoms with Gasteiger partial charge in [0.05, 0.1) is 0 Å². The molecule has 0 fully saturated rings. The van der Waals surface area contributed by atoms with Gasteiger partial charge in [-0.1, -0.05) is 45.0 Å². The van der Waals surface area contributed by atoms with Gasteiger partial charge >= 0.3 is 6.03 Å². The number of fused-ring (bicyclic) bond motifs is 1. The normalized spacial score (nSPS) is 12.3. The summed E-state index contributed by atoms with van der Waals surface area (Å²) in [6.07, 6.45) is 0. The van der Waals surface area contributed by atoms with E-state index in [4.69, 9.17) is 0 Å². The lowest BCUT2D eigenvalue weighted by molar-refractivity contribution is 0.244. The Labute approximate surface area is 133 Å². The molecule has 2 amide bonds. The molecule has 0 aliphatic carbocycles. The topological polar surface area (TPSA) is 41.1 Å². The first-order valence-electron chi connectivity index (χ1n) is 7.68. The fourth-order valence-electron chi connectivity index (χ4n) is 2.29. The van der Waals surface area contributed by atoms with Crippen molar-refractivity contribution in [3.05, 3.63) is 42.0 Å². The molecule has 0 spiro atoms. The van der Waals surface area contributed by atoms with Crippen molar-refractivity contribution in [1.29, 1.82) is 0 Å². The largest absolute Gasteiger partial charge is 0.333 e. The molecule has 2 aromatic carbocycles. The number of anilines is 1. The van der Waals surface area contributed by atoms with E-state index in [-0.39, 0.29) is 17.0 Å². The minimum absolute atomic E-state index is 0.112. The summed E-state index contributed by atoms with van der Waals surface area (Å²) in [6.45, 7) is 12.5. The van der Waals surface area contributed by atoms with Crippen LogP contribution in [0.5, 0.6) is 0 Å². The molecular weight excluding hydrogens is 272 g/mol. The molecular formula is C19H26N2O. The van der Waals surface area contributed by atoms with Crippen molar-refractivity contribution in [1.82, 2.24) is 5.32 Å². The summed E-state index contributed by atoms with van der Waals surface area (Å²) in [6, 6.07) is 12.3. The second-order valence-corrected chi connectivity index (χ2v) is 7.86. The summed E-state index contributed by atoms with van der Waals surface area (Å²) in [7, 11) is 0. The highest BCUT2D eigenvalue weighted by Gasteiger charge is 2.15. The molecule has 0 aliphatic heterocycles. The van der Waals surface area contributed by atoms with Crippen LogP contribution in [0.25, 0.3) is 10.8 Å². The maximum absolute atomic E-state index is 12.0. The highest BCUT2D eigenvalue weighted by Crippen LogP contribution is 2.27. The molecule has 0 heterocycles. The lowest BCUT2D eigenvalue weighted by Crippen LogP contribution is -2.43. The van der Waals surface area contributed by atoms with Crippen LogP contribution in [0.15, 0.2) is 36.4 Å². The van der Waals surface area contributed by atoms with Gasteiger partial charge in [-0.25, -0.2) is 4.79 Å². The van der Waals surface area contributed by atoms with Crippen LogP contribution in [-0.4, -0.2) is 11.6 Å². The molecule has 22 heavy (non-hydrogen) atoms. The Hall–Kier alpha value is -2.03. The van der Waals surface area contributed by atoms with Crippen LogP contribution in [0.3, 0.4) is 0 Å². The van der Waals surface area contributed by atoms with E-state index in [0.717, 1.165) is 11.1 Å². The predicted molar refractivity (Wildman–Crippen MR) is 94.6 cm³/mol. The Morgan fingerprint density at radius 2 is 1.50 bits per heavy atom. The Bertz CT molecular complexity index is 691. The van der Waals surface area contributed by atoms with Crippen LogP contribution in [0, 0.1) is 0 Å². The number of carbonyl (C=O) groups is 1. The zero-order valence-electron chi connectivity index (χ0n) is 14.4. The predicted octanol–water partition coefficient (Wildman–Crippen LogP) is 5.06. The van der Waals surface area contributed by atoms with Gasteiger partial charge in [-0.2, -0.15) is 0 Å². The van der Waals surface area contributed by atoms with Gasteiger partial charge in [-0.3, -0.25) is 0 Å². The van der Waals surface area contributed by atoms with E-state index < -0.39 is 0 Å². The molecule has 0 radical (unpaired) electrons. The number of hydrogen-bond donors (Lipinski definition) is 2. The van der Waals surface area contributed by atoms with Crippen molar-refractivity contribution in [3.8, 4) is 0 Å². The molecule has 0 unspecified atom stereocenters. The van der Waals surface area contributed by atoms with Gasteiger partial charge in [0.1, 0.15) is 0 Å². The van der Waals surface area contributed by atoms with Crippen LogP contribution in [0.4, 0.5) is 10.5 Å². The van der Waals surface area contributed by atoms with Crippen molar-refractivity contribution in [2.45, 2.75) is 52.5 Å². The highest BCUT2D eigenvalue weighted by atomic mass is 16.2. The number of urea groups is 1. The molecule has 3 nitrogen and oxygen atoms in total. The highest BCUT2D eigenvalue weighted by molar-refractivity contribution is 5.94.